The number of carboxylic acids is 2. The maximum Gasteiger partial charge on any atom is 0.490 e. The van der Waals surface area contributed by atoms with Gasteiger partial charge in [-0.3, -0.25) is 19.7 Å². The second-order valence-electron chi connectivity index (χ2n) is 8.29. The molecule has 2 aromatic rings. The van der Waals surface area contributed by atoms with Crippen LogP contribution >= 0.6 is 0 Å². The Balaban J connectivity index is 0.000000317. The topological polar surface area (TPSA) is 155 Å². The molecule has 17 heteroatoms. The van der Waals surface area contributed by atoms with E-state index >= 15 is 0 Å². The number of nitrogens with one attached hydrogen (secondary N) is 1. The number of hydrogen-bond acceptors (Lipinski definition) is 8. The van der Waals surface area contributed by atoms with Crippen molar-refractivity contribution in [2.45, 2.75) is 31.9 Å². The number of aliphatic carboxylic acids is 2. The number of likely N-dealkylation sites (tertiary alicyclic amines) is 1. The van der Waals surface area contributed by atoms with Crippen LogP contribution in [0.3, 0.4) is 0 Å². The van der Waals surface area contributed by atoms with Gasteiger partial charge < -0.3 is 20.3 Å². The van der Waals surface area contributed by atoms with Gasteiger partial charge in [0.25, 0.3) is 0 Å². The van der Waals surface area contributed by atoms with Crippen LogP contribution in [0.2, 0.25) is 0 Å². The molecule has 0 aliphatic carbocycles. The first-order valence-corrected chi connectivity index (χ1v) is 11.0. The Morgan fingerprint density at radius 2 is 1.67 bits per heavy atom. The van der Waals surface area contributed by atoms with E-state index in [1.165, 1.54) is 0 Å². The predicted octanol–water partition coefficient (Wildman–Crippen LogP) is 2.53. The first-order valence-electron chi connectivity index (χ1n) is 11.0. The van der Waals surface area contributed by atoms with Crippen LogP contribution in [0.25, 0.3) is 0 Å². The summed E-state index contributed by atoms with van der Waals surface area (Å²) in [5, 5.41) is 17.1. The third-order valence-electron chi connectivity index (χ3n) is 5.36. The zero-order valence-electron chi connectivity index (χ0n) is 20.1. The van der Waals surface area contributed by atoms with Crippen molar-refractivity contribution in [1.29, 1.82) is 0 Å². The van der Waals surface area contributed by atoms with Crippen molar-refractivity contribution in [2.75, 3.05) is 25.0 Å². The Morgan fingerprint density at radius 3 is 2.18 bits per heavy atom. The fraction of sp³-hybridized carbons (Fsp3) is 0.455. The van der Waals surface area contributed by atoms with Crippen LogP contribution in [0.5, 0.6) is 0 Å². The monoisotopic (exact) mass is 567 g/mol. The summed E-state index contributed by atoms with van der Waals surface area (Å²) in [6.45, 7) is 4.95. The third kappa shape index (κ3) is 10.1. The van der Waals surface area contributed by atoms with Crippen LogP contribution < -0.4 is 5.32 Å². The molecule has 2 aliphatic heterocycles. The zero-order valence-corrected chi connectivity index (χ0v) is 20.1. The smallest absolute Gasteiger partial charge is 0.475 e. The minimum absolute atomic E-state index is 0.0384. The SMILES string of the molecule is Cc1cccc(CN2C[C@@H]3[C@@H](C(=O)Nc4cnccn4)CO[C@@H]3C2)n1.O=C(O)C(F)(F)F.O=C(O)C(F)(F)F. The van der Waals surface area contributed by atoms with Crippen molar-refractivity contribution in [3.8, 4) is 0 Å². The maximum atomic E-state index is 12.6. The van der Waals surface area contributed by atoms with Crippen LogP contribution in [-0.4, -0.2) is 86.1 Å². The molecule has 4 rings (SSSR count). The van der Waals surface area contributed by atoms with E-state index in [2.05, 4.69) is 25.2 Å². The Morgan fingerprint density at radius 1 is 1.05 bits per heavy atom. The first-order chi connectivity index (χ1) is 18.1. The molecule has 0 unspecified atom stereocenters. The maximum absolute atomic E-state index is 12.6. The van der Waals surface area contributed by atoms with E-state index in [0.717, 1.165) is 31.0 Å². The lowest BCUT2D eigenvalue weighted by molar-refractivity contribution is -0.193. The quantitative estimate of drug-likeness (QED) is 0.470. The number of fused-ring (bicyclic) bond motifs is 1. The van der Waals surface area contributed by atoms with Crippen LogP contribution in [-0.2, 0) is 25.7 Å². The van der Waals surface area contributed by atoms with Gasteiger partial charge in [0.2, 0.25) is 5.91 Å². The highest BCUT2D eigenvalue weighted by atomic mass is 19.4. The van der Waals surface area contributed by atoms with E-state index in [-0.39, 0.29) is 23.8 Å². The number of rotatable bonds is 4. The molecule has 39 heavy (non-hydrogen) atoms. The largest absolute Gasteiger partial charge is 0.490 e. The lowest BCUT2D eigenvalue weighted by Crippen LogP contribution is -2.32. The van der Waals surface area contributed by atoms with E-state index in [9.17, 15) is 31.1 Å². The minimum atomic E-state index is -5.08. The van der Waals surface area contributed by atoms with E-state index < -0.39 is 24.3 Å². The number of alkyl halides is 6. The molecule has 2 fully saturated rings. The summed E-state index contributed by atoms with van der Waals surface area (Å²) < 4.78 is 69.4. The number of hydrogen-bond donors (Lipinski definition) is 3. The molecule has 11 nitrogen and oxygen atoms in total. The minimum Gasteiger partial charge on any atom is -0.475 e. The summed E-state index contributed by atoms with van der Waals surface area (Å²) in [4.78, 5) is 45.3. The molecule has 0 aromatic carbocycles. The highest BCUT2D eigenvalue weighted by Crippen LogP contribution is 2.34. The van der Waals surface area contributed by atoms with Crippen LogP contribution in [0.1, 0.15) is 11.4 Å². The summed E-state index contributed by atoms with van der Waals surface area (Å²) in [5.74, 6) is -5.01. The predicted molar refractivity (Wildman–Crippen MR) is 119 cm³/mol. The number of aryl methyl sites for hydroxylation is 1. The van der Waals surface area contributed by atoms with Crippen molar-refractivity contribution in [3.05, 3.63) is 48.2 Å². The number of anilines is 1. The van der Waals surface area contributed by atoms with Gasteiger partial charge in [-0.2, -0.15) is 26.3 Å². The molecule has 0 bridgehead atoms. The van der Waals surface area contributed by atoms with Crippen molar-refractivity contribution < 1.29 is 55.7 Å². The Hall–Kier alpha value is -3.86. The van der Waals surface area contributed by atoms with Crippen LogP contribution in [0.15, 0.2) is 36.8 Å². The molecule has 0 spiro atoms. The fourth-order valence-corrected chi connectivity index (χ4v) is 3.69. The average Bonchev–Trinajstić information content (AvgIpc) is 3.39. The number of pyridine rings is 1. The Kier molecular flexibility index (Phi) is 10.7. The molecular formula is C22H23F6N5O6. The van der Waals surface area contributed by atoms with Crippen molar-refractivity contribution in [1.82, 2.24) is 19.9 Å². The second kappa shape index (κ2) is 13.3. The fourth-order valence-electron chi connectivity index (χ4n) is 3.69. The summed E-state index contributed by atoms with van der Waals surface area (Å²) >= 11 is 0. The summed E-state index contributed by atoms with van der Waals surface area (Å²) in [5.41, 5.74) is 2.08. The molecule has 1 amide bonds. The highest BCUT2D eigenvalue weighted by molar-refractivity contribution is 5.92. The molecule has 3 atom stereocenters. The molecule has 2 aromatic heterocycles. The number of carbonyl (C=O) groups excluding carboxylic acids is 1. The lowest BCUT2D eigenvalue weighted by atomic mass is 9.92. The van der Waals surface area contributed by atoms with Crippen molar-refractivity contribution in [3.63, 3.8) is 0 Å². The number of aromatic nitrogens is 3. The highest BCUT2D eigenvalue weighted by Gasteiger charge is 2.47. The Labute approximate surface area is 216 Å². The number of carbonyl (C=O) groups is 3. The summed E-state index contributed by atoms with van der Waals surface area (Å²) in [6, 6.07) is 6.07. The van der Waals surface area contributed by atoms with Gasteiger partial charge in [0.05, 0.1) is 30.5 Å². The van der Waals surface area contributed by atoms with Crippen LogP contribution in [0, 0.1) is 18.8 Å². The Bertz CT molecular complexity index is 1110. The third-order valence-corrected chi connectivity index (χ3v) is 5.36. The van der Waals surface area contributed by atoms with Crippen molar-refractivity contribution >= 4 is 23.7 Å². The van der Waals surface area contributed by atoms with Crippen molar-refractivity contribution in [2.24, 2.45) is 11.8 Å². The number of amides is 1. The standard InChI is InChI=1S/C18H21N5O2.2C2HF3O2/c1-12-3-2-4-13(21-12)8-23-9-14-15(11-25-16(14)10-23)18(24)22-17-7-19-5-6-20-17;2*3-2(4,5)1(6)7/h2-7,14-16H,8-11H2,1H3,(H,20,22,24);2*(H,6,7)/t14-,15+,16-;;/m1../s1. The first kappa shape index (κ1) is 31.4. The normalized spacial score (nSPS) is 20.5. The molecule has 4 heterocycles. The van der Waals surface area contributed by atoms with Gasteiger partial charge in [0.15, 0.2) is 5.82 Å². The van der Waals surface area contributed by atoms with Gasteiger partial charge in [-0.1, -0.05) is 6.07 Å². The van der Waals surface area contributed by atoms with Crippen LogP contribution in [0.4, 0.5) is 32.2 Å². The molecule has 214 valence electrons. The number of nitrogens with zero attached hydrogens (tertiary/aromatic N) is 4. The molecule has 2 aliphatic rings. The summed E-state index contributed by atoms with van der Waals surface area (Å²) in [6.07, 6.45) is -5.36. The van der Waals surface area contributed by atoms with Gasteiger partial charge >= 0.3 is 24.3 Å². The van der Waals surface area contributed by atoms with Gasteiger partial charge in [-0.25, -0.2) is 14.6 Å². The van der Waals surface area contributed by atoms with Gasteiger partial charge in [-0.05, 0) is 19.1 Å². The van der Waals surface area contributed by atoms with Gasteiger partial charge in [0, 0.05) is 43.6 Å². The zero-order chi connectivity index (χ0) is 29.4. The lowest BCUT2D eigenvalue weighted by Gasteiger charge is -2.19. The molecule has 0 radical (unpaired) electrons. The number of ether oxygens (including phenoxy) is 1. The van der Waals surface area contributed by atoms with E-state index in [0.29, 0.717) is 12.4 Å². The number of halogens is 6. The average molecular weight is 567 g/mol. The molecule has 2 saturated heterocycles. The molecule has 3 N–H and O–H groups in total. The van der Waals surface area contributed by atoms with E-state index in [1.807, 2.05) is 25.1 Å². The second-order valence-corrected chi connectivity index (χ2v) is 8.29. The van der Waals surface area contributed by atoms with E-state index in [1.54, 1.807) is 18.6 Å². The van der Waals surface area contributed by atoms with E-state index in [4.69, 9.17) is 24.5 Å². The molecule has 0 saturated carbocycles. The number of carboxylic acid groups (broad SMARTS) is 2. The summed E-state index contributed by atoms with van der Waals surface area (Å²) in [7, 11) is 0. The molecular weight excluding hydrogens is 544 g/mol. The van der Waals surface area contributed by atoms with Gasteiger partial charge in [-0.15, -0.1) is 0 Å². The van der Waals surface area contributed by atoms with Gasteiger partial charge in [0.1, 0.15) is 0 Å².